The Morgan fingerprint density at radius 3 is 1.94 bits per heavy atom. The number of rotatable bonds is 8. The van der Waals surface area contributed by atoms with Gasteiger partial charge in [0.05, 0.1) is 11.4 Å². The molecule has 0 atom stereocenters. The summed E-state index contributed by atoms with van der Waals surface area (Å²) in [5.74, 6) is 1.08. The Morgan fingerprint density at radius 2 is 1.41 bits per heavy atom. The van der Waals surface area contributed by atoms with Gasteiger partial charge in [0.1, 0.15) is 0 Å². The summed E-state index contributed by atoms with van der Waals surface area (Å²) in [5.41, 5.74) is 5.69. The Hall–Kier alpha value is -3.06. The van der Waals surface area contributed by atoms with Crippen molar-refractivity contribution in [2.24, 2.45) is 0 Å². The number of amides is 2. The van der Waals surface area contributed by atoms with Crippen LogP contribution in [0.3, 0.4) is 0 Å². The quantitative estimate of drug-likeness (QED) is 0.457. The van der Waals surface area contributed by atoms with Gasteiger partial charge in [0.15, 0.2) is 5.16 Å². The topological polar surface area (TPSA) is 76.0 Å². The standard InChI is InChI=1S/C25H28N4O2S/c1-3-5-21(30)26-19-11-7-17(8-12-19)23-24(29-15-16-32-25(29)28-23)18-9-13-20(14-10-18)27-22(31)6-4-2/h7-14H,3-6,15-16H2,1-2H3,(H,26,30)(H,27,31). The van der Waals surface area contributed by atoms with Gasteiger partial charge in [-0.3, -0.25) is 9.59 Å². The van der Waals surface area contributed by atoms with Gasteiger partial charge in [0.25, 0.3) is 0 Å². The van der Waals surface area contributed by atoms with Gasteiger partial charge in [-0.1, -0.05) is 49.9 Å². The number of fused-ring (bicyclic) bond motifs is 1. The van der Waals surface area contributed by atoms with Crippen molar-refractivity contribution in [3.8, 4) is 22.5 Å². The number of anilines is 2. The van der Waals surface area contributed by atoms with Gasteiger partial charge in [-0.15, -0.1) is 0 Å². The second-order valence-corrected chi connectivity index (χ2v) is 8.90. The summed E-state index contributed by atoms with van der Waals surface area (Å²) in [6.07, 6.45) is 2.69. The number of carbonyl (C=O) groups is 2. The largest absolute Gasteiger partial charge is 0.326 e. The Balaban J connectivity index is 1.62. The molecule has 0 spiro atoms. The first-order valence-electron chi connectivity index (χ1n) is 11.1. The number of carbonyl (C=O) groups excluding carboxylic acids is 2. The molecule has 2 heterocycles. The molecule has 1 aliphatic heterocycles. The number of hydrogen-bond donors (Lipinski definition) is 2. The van der Waals surface area contributed by atoms with E-state index < -0.39 is 0 Å². The van der Waals surface area contributed by atoms with Crippen LogP contribution in [0.25, 0.3) is 22.5 Å². The lowest BCUT2D eigenvalue weighted by Gasteiger charge is -2.11. The fraction of sp³-hybridized carbons (Fsp3) is 0.320. The van der Waals surface area contributed by atoms with Crippen molar-refractivity contribution in [2.45, 2.75) is 51.2 Å². The minimum Gasteiger partial charge on any atom is -0.326 e. The fourth-order valence-electron chi connectivity index (χ4n) is 3.80. The lowest BCUT2D eigenvalue weighted by Crippen LogP contribution is -2.10. The first-order valence-corrected chi connectivity index (χ1v) is 12.1. The van der Waals surface area contributed by atoms with E-state index >= 15 is 0 Å². The van der Waals surface area contributed by atoms with Crippen LogP contribution in [0.15, 0.2) is 53.7 Å². The second kappa shape index (κ2) is 10.0. The van der Waals surface area contributed by atoms with E-state index in [1.54, 1.807) is 11.8 Å². The molecule has 0 saturated carbocycles. The molecule has 7 heteroatoms. The Morgan fingerprint density at radius 1 is 0.875 bits per heavy atom. The number of nitrogens with zero attached hydrogens (tertiary/aromatic N) is 2. The highest BCUT2D eigenvalue weighted by Gasteiger charge is 2.23. The third-order valence-electron chi connectivity index (χ3n) is 5.32. The summed E-state index contributed by atoms with van der Waals surface area (Å²) in [7, 11) is 0. The average Bonchev–Trinajstić information content (AvgIpc) is 3.37. The summed E-state index contributed by atoms with van der Waals surface area (Å²) < 4.78 is 2.27. The molecule has 2 amide bonds. The zero-order valence-corrected chi connectivity index (χ0v) is 19.3. The minimum absolute atomic E-state index is 0.0319. The van der Waals surface area contributed by atoms with E-state index in [0.29, 0.717) is 12.8 Å². The molecule has 2 N–H and O–H groups in total. The van der Waals surface area contributed by atoms with Crippen molar-refractivity contribution in [3.05, 3.63) is 48.5 Å². The number of benzene rings is 2. The van der Waals surface area contributed by atoms with Gasteiger partial charge in [-0.2, -0.15) is 0 Å². The smallest absolute Gasteiger partial charge is 0.224 e. The van der Waals surface area contributed by atoms with Crippen LogP contribution in [0.2, 0.25) is 0 Å². The summed E-state index contributed by atoms with van der Waals surface area (Å²) in [6, 6.07) is 15.8. The molecule has 1 aliphatic rings. The van der Waals surface area contributed by atoms with E-state index in [1.165, 1.54) is 0 Å². The van der Waals surface area contributed by atoms with Gasteiger partial charge in [0, 0.05) is 47.6 Å². The molecule has 0 bridgehead atoms. The second-order valence-electron chi connectivity index (χ2n) is 7.84. The van der Waals surface area contributed by atoms with E-state index in [-0.39, 0.29) is 11.8 Å². The van der Waals surface area contributed by atoms with Crippen LogP contribution in [0.1, 0.15) is 39.5 Å². The number of thioether (sulfide) groups is 1. The van der Waals surface area contributed by atoms with Crippen LogP contribution in [0.4, 0.5) is 11.4 Å². The van der Waals surface area contributed by atoms with Gasteiger partial charge in [-0.25, -0.2) is 4.98 Å². The van der Waals surface area contributed by atoms with Crippen LogP contribution in [0, 0.1) is 0 Å². The normalized spacial score (nSPS) is 12.4. The monoisotopic (exact) mass is 448 g/mol. The highest BCUT2D eigenvalue weighted by molar-refractivity contribution is 7.99. The number of nitrogens with one attached hydrogen (secondary N) is 2. The highest BCUT2D eigenvalue weighted by Crippen LogP contribution is 2.39. The van der Waals surface area contributed by atoms with Gasteiger partial charge >= 0.3 is 0 Å². The lowest BCUT2D eigenvalue weighted by atomic mass is 10.0. The van der Waals surface area contributed by atoms with Crippen molar-refractivity contribution in [3.63, 3.8) is 0 Å². The summed E-state index contributed by atoms with van der Waals surface area (Å²) >= 11 is 1.76. The van der Waals surface area contributed by atoms with Crippen molar-refractivity contribution >= 4 is 35.0 Å². The van der Waals surface area contributed by atoms with Crippen LogP contribution in [-0.4, -0.2) is 27.1 Å². The van der Waals surface area contributed by atoms with E-state index in [0.717, 1.165) is 64.2 Å². The maximum Gasteiger partial charge on any atom is 0.224 e. The van der Waals surface area contributed by atoms with Gasteiger partial charge < -0.3 is 15.2 Å². The van der Waals surface area contributed by atoms with Gasteiger partial charge in [-0.05, 0) is 37.1 Å². The Labute approximate surface area is 192 Å². The van der Waals surface area contributed by atoms with Crippen LogP contribution >= 0.6 is 11.8 Å². The Bertz CT molecular complexity index is 1100. The highest BCUT2D eigenvalue weighted by atomic mass is 32.2. The first-order chi connectivity index (χ1) is 15.6. The molecule has 0 radical (unpaired) electrons. The van der Waals surface area contributed by atoms with Crippen LogP contribution < -0.4 is 10.6 Å². The summed E-state index contributed by atoms with van der Waals surface area (Å²) in [6.45, 7) is 4.91. The number of aromatic nitrogens is 2. The Kier molecular flexibility index (Phi) is 6.95. The third-order valence-corrected chi connectivity index (χ3v) is 6.27. The average molecular weight is 449 g/mol. The molecular weight excluding hydrogens is 420 g/mol. The fourth-order valence-corrected chi connectivity index (χ4v) is 4.75. The van der Waals surface area contributed by atoms with E-state index in [9.17, 15) is 9.59 Å². The summed E-state index contributed by atoms with van der Waals surface area (Å²) in [4.78, 5) is 28.7. The molecule has 3 aromatic rings. The molecule has 6 nitrogen and oxygen atoms in total. The molecule has 4 rings (SSSR count). The molecule has 0 aliphatic carbocycles. The zero-order valence-electron chi connectivity index (χ0n) is 18.5. The van der Waals surface area contributed by atoms with Crippen LogP contribution in [0.5, 0.6) is 0 Å². The van der Waals surface area contributed by atoms with Crippen molar-refractivity contribution in [1.29, 1.82) is 0 Å². The van der Waals surface area contributed by atoms with Crippen LogP contribution in [-0.2, 0) is 16.1 Å². The van der Waals surface area contributed by atoms with Gasteiger partial charge in [0.2, 0.25) is 11.8 Å². The molecule has 32 heavy (non-hydrogen) atoms. The number of imidazole rings is 1. The molecule has 166 valence electrons. The van der Waals surface area contributed by atoms with Crippen molar-refractivity contribution in [1.82, 2.24) is 9.55 Å². The van der Waals surface area contributed by atoms with E-state index in [2.05, 4.69) is 15.2 Å². The number of hydrogen-bond acceptors (Lipinski definition) is 4. The maximum atomic E-state index is 11.9. The molecule has 0 saturated heterocycles. The van der Waals surface area contributed by atoms with Crippen molar-refractivity contribution < 1.29 is 9.59 Å². The third kappa shape index (κ3) is 4.88. The first kappa shape index (κ1) is 22.1. The molecule has 1 aromatic heterocycles. The molecular formula is C25H28N4O2S. The molecule has 0 unspecified atom stereocenters. The predicted molar refractivity (Wildman–Crippen MR) is 131 cm³/mol. The lowest BCUT2D eigenvalue weighted by molar-refractivity contribution is -0.117. The van der Waals surface area contributed by atoms with E-state index in [4.69, 9.17) is 4.98 Å². The van der Waals surface area contributed by atoms with E-state index in [1.807, 2.05) is 62.4 Å². The SMILES string of the molecule is CCCC(=O)Nc1ccc(-c2nc3n(c2-c2ccc(NC(=O)CCC)cc2)CCS3)cc1. The molecule has 2 aromatic carbocycles. The minimum atomic E-state index is 0.0319. The zero-order chi connectivity index (χ0) is 22.5. The predicted octanol–water partition coefficient (Wildman–Crippen LogP) is 5.80. The maximum absolute atomic E-state index is 11.9. The molecule has 0 fully saturated rings. The summed E-state index contributed by atoms with van der Waals surface area (Å²) in [5, 5.41) is 6.90. The van der Waals surface area contributed by atoms with Crippen molar-refractivity contribution in [2.75, 3.05) is 16.4 Å².